The molecule has 0 bridgehead atoms. The van der Waals surface area contributed by atoms with E-state index in [9.17, 15) is 23.8 Å². The van der Waals surface area contributed by atoms with E-state index in [1.54, 1.807) is 0 Å². The lowest BCUT2D eigenvalue weighted by Gasteiger charge is -2.41. The van der Waals surface area contributed by atoms with Crippen LogP contribution in [0.2, 0.25) is 0 Å². The van der Waals surface area contributed by atoms with Gasteiger partial charge in [-0.15, -0.1) is 0 Å². The van der Waals surface area contributed by atoms with Gasteiger partial charge in [0.25, 0.3) is 0 Å². The Morgan fingerprint density at radius 2 is 1.74 bits per heavy atom. The summed E-state index contributed by atoms with van der Waals surface area (Å²) in [7, 11) is -9.94. The highest BCUT2D eigenvalue weighted by atomic mass is 32.5. The molecule has 0 aliphatic heterocycles. The largest absolute Gasteiger partial charge is 0.310 e. The van der Waals surface area contributed by atoms with Crippen LogP contribution in [0.25, 0.3) is 0 Å². The summed E-state index contributed by atoms with van der Waals surface area (Å²) in [5.41, 5.74) is -1.12. The van der Waals surface area contributed by atoms with Crippen LogP contribution in [-0.2, 0) is 0 Å². The lowest BCUT2D eigenvalue weighted by atomic mass is 10.0. The number of rotatable bonds is 3. The topological polar surface area (TPSA) is 12.4 Å². The lowest BCUT2D eigenvalue weighted by molar-refractivity contribution is 0.362. The van der Waals surface area contributed by atoms with Crippen molar-refractivity contribution < 1.29 is 23.8 Å². The predicted octanol–water partition coefficient (Wildman–Crippen LogP) is 5.74. The summed E-state index contributed by atoms with van der Waals surface area (Å²) in [6.45, 7) is 5.36. The Morgan fingerprint density at radius 1 is 1.21 bits per heavy atom. The van der Waals surface area contributed by atoms with Crippen molar-refractivity contribution in [3.05, 3.63) is 41.9 Å². The summed E-state index contributed by atoms with van der Waals surface area (Å²) >= 11 is 0. The molecule has 0 aliphatic carbocycles. The average molecular weight is 303 g/mol. The van der Waals surface area contributed by atoms with E-state index in [0.717, 1.165) is 19.2 Å². The Balaban J connectivity index is 3.75. The smallest absolute Gasteiger partial charge is 0.262 e. The SMILES string of the molecule is C=CN=C(C)c1cc(F)cc(S(F)(F)(F)(F)F)c1C. The highest BCUT2D eigenvalue weighted by molar-refractivity contribution is 8.45. The highest BCUT2D eigenvalue weighted by Crippen LogP contribution is 3.02. The van der Waals surface area contributed by atoms with Gasteiger partial charge in [-0.05, 0) is 31.5 Å². The van der Waals surface area contributed by atoms with Crippen molar-refractivity contribution in [1.82, 2.24) is 0 Å². The van der Waals surface area contributed by atoms with Gasteiger partial charge in [-0.2, -0.15) is 0 Å². The molecule has 0 N–H and O–H groups in total. The number of benzene rings is 1. The molecule has 0 radical (unpaired) electrons. The zero-order valence-corrected chi connectivity index (χ0v) is 10.9. The standard InChI is InChI=1S/C11H11F6NS/c1-4-18-8(3)10-5-9(12)6-11(7(10)2)19(13,14,15,16)17/h4-6H,1H2,2-3H3. The van der Waals surface area contributed by atoms with E-state index >= 15 is 0 Å². The Hall–Kier alpha value is -1.44. The van der Waals surface area contributed by atoms with E-state index in [0.29, 0.717) is 0 Å². The van der Waals surface area contributed by atoms with Gasteiger partial charge in [-0.1, -0.05) is 26.0 Å². The maximum atomic E-state index is 13.2. The molecule has 0 saturated carbocycles. The third-order valence-electron chi connectivity index (χ3n) is 2.42. The third kappa shape index (κ3) is 3.52. The number of nitrogens with zero attached hydrogens (tertiary/aromatic N) is 1. The maximum absolute atomic E-state index is 13.2. The fourth-order valence-corrected chi connectivity index (χ4v) is 2.66. The second-order valence-electron chi connectivity index (χ2n) is 3.94. The molecule has 1 aromatic rings. The molecule has 0 aliphatic rings. The number of aliphatic imine (C=N–C) groups is 1. The molecule has 1 aromatic carbocycles. The van der Waals surface area contributed by atoms with Crippen LogP contribution in [0.3, 0.4) is 0 Å². The van der Waals surface area contributed by atoms with Crippen LogP contribution >= 0.6 is 10.2 Å². The Kier molecular flexibility index (Phi) is 3.11. The molecule has 0 amide bonds. The molecule has 8 heteroatoms. The monoisotopic (exact) mass is 303 g/mol. The van der Waals surface area contributed by atoms with Crippen molar-refractivity contribution in [1.29, 1.82) is 0 Å². The van der Waals surface area contributed by atoms with Gasteiger partial charge in [-0.3, -0.25) is 4.99 Å². The minimum atomic E-state index is -9.94. The Bertz CT molecular complexity index is 573. The first-order valence-electron chi connectivity index (χ1n) is 4.96. The van der Waals surface area contributed by atoms with Crippen LogP contribution in [0.4, 0.5) is 23.8 Å². The fraction of sp³-hybridized carbons (Fsp3) is 0.182. The van der Waals surface area contributed by atoms with E-state index in [1.165, 1.54) is 6.92 Å². The van der Waals surface area contributed by atoms with Crippen molar-refractivity contribution in [3.63, 3.8) is 0 Å². The summed E-state index contributed by atoms with van der Waals surface area (Å²) in [6.07, 6.45) is 1.03. The van der Waals surface area contributed by atoms with Crippen LogP contribution < -0.4 is 0 Å². The first kappa shape index (κ1) is 15.6. The summed E-state index contributed by atoms with van der Waals surface area (Å²) < 4.78 is 77.1. The zero-order valence-electron chi connectivity index (χ0n) is 10.1. The first-order chi connectivity index (χ1) is 8.26. The molecular formula is C11H11F6NS. The predicted molar refractivity (Wildman–Crippen MR) is 64.9 cm³/mol. The van der Waals surface area contributed by atoms with Gasteiger partial charge in [0, 0.05) is 17.5 Å². The van der Waals surface area contributed by atoms with Crippen LogP contribution in [0.15, 0.2) is 34.8 Å². The van der Waals surface area contributed by atoms with Crippen molar-refractivity contribution in [3.8, 4) is 0 Å². The number of hydrogen-bond acceptors (Lipinski definition) is 1. The molecule has 0 atom stereocenters. The maximum Gasteiger partial charge on any atom is 0.310 e. The number of hydrogen-bond donors (Lipinski definition) is 0. The van der Waals surface area contributed by atoms with E-state index in [4.69, 9.17) is 0 Å². The van der Waals surface area contributed by atoms with Gasteiger partial charge < -0.3 is 0 Å². The van der Waals surface area contributed by atoms with Crippen molar-refractivity contribution in [2.75, 3.05) is 0 Å². The molecule has 0 saturated heterocycles. The van der Waals surface area contributed by atoms with Crippen molar-refractivity contribution in [2.24, 2.45) is 4.99 Å². The molecule has 1 nitrogen and oxygen atoms in total. The van der Waals surface area contributed by atoms with Crippen LogP contribution in [0, 0.1) is 12.7 Å². The van der Waals surface area contributed by atoms with E-state index < -0.39 is 26.5 Å². The van der Waals surface area contributed by atoms with Crippen molar-refractivity contribution in [2.45, 2.75) is 18.7 Å². The van der Waals surface area contributed by atoms with Crippen LogP contribution in [-0.4, -0.2) is 5.71 Å². The van der Waals surface area contributed by atoms with Gasteiger partial charge in [0.05, 0.1) is 0 Å². The van der Waals surface area contributed by atoms with E-state index in [2.05, 4.69) is 11.6 Å². The molecular weight excluding hydrogens is 292 g/mol. The summed E-state index contributed by atoms with van der Waals surface area (Å²) in [5.74, 6) is -1.40. The van der Waals surface area contributed by atoms with Crippen molar-refractivity contribution >= 4 is 15.9 Å². The summed E-state index contributed by atoms with van der Waals surface area (Å²) in [4.78, 5) is 1.35. The van der Waals surface area contributed by atoms with Crippen LogP contribution in [0.1, 0.15) is 18.1 Å². The third-order valence-corrected chi connectivity index (χ3v) is 3.67. The van der Waals surface area contributed by atoms with Crippen LogP contribution in [0.5, 0.6) is 0 Å². The highest BCUT2D eigenvalue weighted by Gasteiger charge is 2.66. The quantitative estimate of drug-likeness (QED) is 0.498. The first-order valence-corrected chi connectivity index (χ1v) is 6.91. The Labute approximate surface area is 106 Å². The second kappa shape index (κ2) is 3.78. The molecule has 0 aromatic heterocycles. The van der Waals surface area contributed by atoms with Gasteiger partial charge in [0.2, 0.25) is 0 Å². The zero-order chi connectivity index (χ0) is 15.1. The molecule has 0 unspecified atom stereocenters. The minimum absolute atomic E-state index is 0.0323. The molecule has 1 rings (SSSR count). The molecule has 19 heavy (non-hydrogen) atoms. The molecule has 108 valence electrons. The lowest BCUT2D eigenvalue weighted by Crippen LogP contribution is -2.12. The minimum Gasteiger partial charge on any atom is -0.262 e. The normalized spacial score (nSPS) is 16.7. The fourth-order valence-electron chi connectivity index (χ4n) is 1.64. The number of halogens is 6. The summed E-state index contributed by atoms with van der Waals surface area (Å²) in [6, 6.07) is 0.534. The molecule has 0 fully saturated rings. The van der Waals surface area contributed by atoms with Gasteiger partial charge >= 0.3 is 10.2 Å². The molecule has 0 spiro atoms. The van der Waals surface area contributed by atoms with E-state index in [-0.39, 0.29) is 17.3 Å². The average Bonchev–Trinajstić information content (AvgIpc) is 2.17. The Morgan fingerprint density at radius 3 is 2.16 bits per heavy atom. The van der Waals surface area contributed by atoms with Gasteiger partial charge in [0.15, 0.2) is 0 Å². The molecule has 0 heterocycles. The van der Waals surface area contributed by atoms with E-state index in [1.807, 2.05) is 0 Å². The second-order valence-corrected chi connectivity index (χ2v) is 6.32. The van der Waals surface area contributed by atoms with Gasteiger partial charge in [0.1, 0.15) is 10.7 Å². The summed E-state index contributed by atoms with van der Waals surface area (Å²) in [5, 5.41) is 0. The van der Waals surface area contributed by atoms with Gasteiger partial charge in [-0.25, -0.2) is 4.39 Å².